The first-order valence-corrected chi connectivity index (χ1v) is 7.13. The second kappa shape index (κ2) is 7.81. The van der Waals surface area contributed by atoms with E-state index in [0.29, 0.717) is 12.2 Å². The Morgan fingerprint density at radius 3 is 2.71 bits per heavy atom. The Morgan fingerprint density at radius 2 is 2.00 bits per heavy atom. The summed E-state index contributed by atoms with van der Waals surface area (Å²) in [4.78, 5) is 4.03. The van der Waals surface area contributed by atoms with Crippen LogP contribution in [0.1, 0.15) is 23.1 Å². The van der Waals surface area contributed by atoms with Gasteiger partial charge in [-0.1, -0.05) is 24.4 Å². The van der Waals surface area contributed by atoms with Crippen molar-refractivity contribution in [2.75, 3.05) is 6.61 Å². The van der Waals surface area contributed by atoms with Crippen molar-refractivity contribution in [3.63, 3.8) is 0 Å². The largest absolute Gasteiger partial charge is 0.389 e. The van der Waals surface area contributed by atoms with E-state index in [2.05, 4.69) is 4.98 Å². The number of hydrogen-bond donors (Lipinski definition) is 1. The topological polar surface area (TPSA) is 48.1 Å². The van der Waals surface area contributed by atoms with Gasteiger partial charge in [-0.3, -0.25) is 4.98 Å². The van der Waals surface area contributed by atoms with E-state index in [1.54, 1.807) is 30.6 Å². The highest BCUT2D eigenvalue weighted by atomic mass is 32.1. The van der Waals surface area contributed by atoms with E-state index >= 15 is 0 Å². The molecule has 2 rings (SSSR count). The molecule has 1 aromatic heterocycles. The lowest BCUT2D eigenvalue weighted by atomic mass is 10.1. The van der Waals surface area contributed by atoms with Crippen molar-refractivity contribution in [2.24, 2.45) is 5.73 Å². The molecule has 2 N–H and O–H groups in total. The molecule has 1 heterocycles. The van der Waals surface area contributed by atoms with Crippen LogP contribution in [0, 0.1) is 5.82 Å². The molecule has 2 aromatic rings. The number of benzene rings is 1. The van der Waals surface area contributed by atoms with Crippen molar-refractivity contribution < 1.29 is 9.13 Å². The van der Waals surface area contributed by atoms with Gasteiger partial charge in [0, 0.05) is 30.1 Å². The minimum Gasteiger partial charge on any atom is -0.389 e. The second-order valence-electron chi connectivity index (χ2n) is 4.65. The summed E-state index contributed by atoms with van der Waals surface area (Å²) in [7, 11) is 0. The van der Waals surface area contributed by atoms with Crippen molar-refractivity contribution in [3.05, 3.63) is 65.2 Å². The number of nitrogens with two attached hydrogens (primary N) is 1. The smallest absolute Gasteiger partial charge is 0.138 e. The number of halogens is 1. The van der Waals surface area contributed by atoms with Crippen LogP contribution in [0.4, 0.5) is 4.39 Å². The van der Waals surface area contributed by atoms with Crippen molar-refractivity contribution >= 4 is 17.2 Å². The molecule has 0 amide bonds. The Morgan fingerprint density at radius 1 is 1.24 bits per heavy atom. The molecule has 3 nitrogen and oxygen atoms in total. The summed E-state index contributed by atoms with van der Waals surface area (Å²) in [6.45, 7) is 0.789. The number of hydrogen-bond acceptors (Lipinski definition) is 3. The first-order valence-electron chi connectivity index (χ1n) is 6.72. The maximum atomic E-state index is 14.0. The van der Waals surface area contributed by atoms with Gasteiger partial charge >= 0.3 is 0 Å². The minimum atomic E-state index is -0.390. The van der Waals surface area contributed by atoms with Gasteiger partial charge in [0.15, 0.2) is 0 Å². The normalized spacial score (nSPS) is 10.5. The molecular formula is C16H17FN2OS. The van der Waals surface area contributed by atoms with Crippen LogP contribution in [0.2, 0.25) is 0 Å². The fraction of sp³-hybridized carbons (Fsp3) is 0.250. The van der Waals surface area contributed by atoms with Crippen LogP contribution in [0.5, 0.6) is 0 Å². The van der Waals surface area contributed by atoms with Crippen molar-refractivity contribution in [1.82, 2.24) is 4.98 Å². The first kappa shape index (κ1) is 15.5. The fourth-order valence-electron chi connectivity index (χ4n) is 1.99. The van der Waals surface area contributed by atoms with Crippen LogP contribution < -0.4 is 5.73 Å². The lowest BCUT2D eigenvalue weighted by Crippen LogP contribution is -2.13. The van der Waals surface area contributed by atoms with Gasteiger partial charge in [0.25, 0.3) is 0 Å². The van der Waals surface area contributed by atoms with Crippen LogP contribution in [0.15, 0.2) is 42.7 Å². The highest BCUT2D eigenvalue weighted by Crippen LogP contribution is 2.14. The standard InChI is InChI=1S/C16H17FN2OS/c17-15-13(4-1-5-14(15)16(18)21)11-20-10-2-3-12-6-8-19-9-7-12/h1,4-9H,2-3,10-11H2,(H2,18,21). The summed E-state index contributed by atoms with van der Waals surface area (Å²) in [5.41, 5.74) is 7.43. The van der Waals surface area contributed by atoms with E-state index in [4.69, 9.17) is 22.7 Å². The van der Waals surface area contributed by atoms with Crippen LogP contribution >= 0.6 is 12.2 Å². The zero-order valence-electron chi connectivity index (χ0n) is 11.6. The van der Waals surface area contributed by atoms with Gasteiger partial charge in [-0.05, 0) is 36.6 Å². The van der Waals surface area contributed by atoms with Gasteiger partial charge < -0.3 is 10.5 Å². The molecule has 0 atom stereocenters. The Labute approximate surface area is 129 Å². The molecule has 0 aliphatic rings. The Hall–Kier alpha value is -1.85. The Bertz CT molecular complexity index is 604. The zero-order chi connectivity index (χ0) is 15.1. The van der Waals surface area contributed by atoms with E-state index in [-0.39, 0.29) is 23.0 Å². The molecule has 0 saturated carbocycles. The number of thiocarbonyl (C=S) groups is 1. The quantitative estimate of drug-likeness (QED) is 0.631. The van der Waals surface area contributed by atoms with Gasteiger partial charge in [0.2, 0.25) is 0 Å². The highest BCUT2D eigenvalue weighted by Gasteiger charge is 2.09. The third-order valence-corrected chi connectivity index (χ3v) is 3.33. The second-order valence-corrected chi connectivity index (χ2v) is 5.09. The maximum absolute atomic E-state index is 14.0. The molecule has 0 aliphatic carbocycles. The molecule has 110 valence electrons. The summed E-state index contributed by atoms with van der Waals surface area (Å²) in [5.74, 6) is -0.390. The monoisotopic (exact) mass is 304 g/mol. The highest BCUT2D eigenvalue weighted by molar-refractivity contribution is 7.80. The molecule has 21 heavy (non-hydrogen) atoms. The van der Waals surface area contributed by atoms with Gasteiger partial charge in [0.05, 0.1) is 6.61 Å². The SMILES string of the molecule is NC(=S)c1cccc(COCCCc2ccncc2)c1F. The zero-order valence-corrected chi connectivity index (χ0v) is 12.4. The van der Waals surface area contributed by atoms with Crippen molar-refractivity contribution in [1.29, 1.82) is 0 Å². The predicted octanol–water partition coefficient (Wildman–Crippen LogP) is 3.00. The van der Waals surface area contributed by atoms with Gasteiger partial charge in [0.1, 0.15) is 10.8 Å². The van der Waals surface area contributed by atoms with Gasteiger partial charge in [-0.2, -0.15) is 0 Å². The summed E-state index contributed by atoms with van der Waals surface area (Å²) in [6.07, 6.45) is 5.33. The van der Waals surface area contributed by atoms with Gasteiger partial charge in [-0.15, -0.1) is 0 Å². The fourth-order valence-corrected chi connectivity index (χ4v) is 2.15. The Balaban J connectivity index is 1.79. The van der Waals surface area contributed by atoms with E-state index in [9.17, 15) is 4.39 Å². The summed E-state index contributed by atoms with van der Waals surface area (Å²) in [6, 6.07) is 8.94. The van der Waals surface area contributed by atoms with Crippen LogP contribution in [0.25, 0.3) is 0 Å². The number of aryl methyl sites for hydroxylation is 1. The third-order valence-electron chi connectivity index (χ3n) is 3.11. The molecule has 0 fully saturated rings. The number of pyridine rings is 1. The molecule has 0 radical (unpaired) electrons. The number of nitrogens with zero attached hydrogens (tertiary/aromatic N) is 1. The molecule has 0 aliphatic heterocycles. The molecule has 5 heteroatoms. The summed E-state index contributed by atoms with van der Waals surface area (Å²) >= 11 is 4.81. The summed E-state index contributed by atoms with van der Waals surface area (Å²) < 4.78 is 19.6. The molecule has 1 aromatic carbocycles. The number of aromatic nitrogens is 1. The first-order chi connectivity index (χ1) is 10.2. The predicted molar refractivity (Wildman–Crippen MR) is 84.5 cm³/mol. The summed E-state index contributed by atoms with van der Waals surface area (Å²) in [5, 5.41) is 0. The van der Waals surface area contributed by atoms with Crippen molar-refractivity contribution in [3.8, 4) is 0 Å². The third kappa shape index (κ3) is 4.58. The maximum Gasteiger partial charge on any atom is 0.138 e. The van der Waals surface area contributed by atoms with E-state index in [1.165, 1.54) is 5.56 Å². The molecule has 0 bridgehead atoms. The lowest BCUT2D eigenvalue weighted by molar-refractivity contribution is 0.116. The molecular weight excluding hydrogens is 287 g/mol. The lowest BCUT2D eigenvalue weighted by Gasteiger charge is -2.08. The van der Waals surface area contributed by atoms with E-state index < -0.39 is 0 Å². The van der Waals surface area contributed by atoms with Crippen LogP contribution in [0.3, 0.4) is 0 Å². The molecule has 0 unspecified atom stereocenters. The average molecular weight is 304 g/mol. The average Bonchev–Trinajstić information content (AvgIpc) is 2.49. The van der Waals surface area contributed by atoms with Crippen LogP contribution in [-0.2, 0) is 17.8 Å². The Kier molecular flexibility index (Phi) is 5.78. The van der Waals surface area contributed by atoms with E-state index in [1.807, 2.05) is 12.1 Å². The number of rotatable bonds is 7. The minimum absolute atomic E-state index is 0.0621. The van der Waals surface area contributed by atoms with E-state index in [0.717, 1.165) is 12.8 Å². The van der Waals surface area contributed by atoms with Crippen molar-refractivity contribution in [2.45, 2.75) is 19.4 Å². The molecule has 0 saturated heterocycles. The van der Waals surface area contributed by atoms with Crippen LogP contribution in [-0.4, -0.2) is 16.6 Å². The molecule has 0 spiro atoms. The van der Waals surface area contributed by atoms with Gasteiger partial charge in [-0.25, -0.2) is 4.39 Å². The number of ether oxygens (including phenoxy) is 1.